The molecule has 0 aliphatic rings. The molecule has 2 heterocycles. The van der Waals surface area contributed by atoms with Crippen LogP contribution in [-0.2, 0) is 6.54 Å². The van der Waals surface area contributed by atoms with E-state index in [1.165, 1.54) is 13.2 Å². The molecule has 11 heteroatoms. The van der Waals surface area contributed by atoms with Gasteiger partial charge >= 0.3 is 5.97 Å². The number of nitrogens with zero attached hydrogens (tertiary/aromatic N) is 2. The molecule has 4 aromatic rings. The van der Waals surface area contributed by atoms with Gasteiger partial charge in [0.15, 0.2) is 5.95 Å². The van der Waals surface area contributed by atoms with Crippen LogP contribution in [0.2, 0.25) is 0 Å². The van der Waals surface area contributed by atoms with Crippen LogP contribution in [0.25, 0.3) is 22.2 Å². The molecule has 2 aromatic heterocycles. The van der Waals surface area contributed by atoms with Gasteiger partial charge in [-0.3, -0.25) is 4.79 Å². The lowest BCUT2D eigenvalue weighted by molar-refractivity contribution is 0.0697. The van der Waals surface area contributed by atoms with Gasteiger partial charge in [0.25, 0.3) is 5.91 Å². The number of imidazole rings is 1. The number of carboxylic acids is 1. The molecule has 1 atom stereocenters. The number of benzene rings is 2. The van der Waals surface area contributed by atoms with Crippen molar-refractivity contribution in [2.24, 2.45) is 5.41 Å². The quantitative estimate of drug-likeness (QED) is 0.188. The zero-order valence-corrected chi connectivity index (χ0v) is 22.2. The van der Waals surface area contributed by atoms with Gasteiger partial charge in [0.2, 0.25) is 5.88 Å². The molecule has 0 fully saturated rings. The number of nitrogens with one attached hydrogen (secondary N) is 3. The summed E-state index contributed by atoms with van der Waals surface area (Å²) in [4.78, 5) is 37.0. The highest BCUT2D eigenvalue weighted by Gasteiger charge is 2.27. The standard InChI is InChI=1S/C28H32N6O5/c1-28(2,3)23(14-35)34-25(36)15-5-7-17(19(11-15)26(37)38)18-8-10-24(39-4)31-22(18)13-30-16-6-9-20-21(12-16)33-27(29)32-20/h5-12,23,30,35H,13-14H2,1-4H3,(H,34,36)(H,37,38)(H3,29,32,33)/t23-/m1/s1. The summed E-state index contributed by atoms with van der Waals surface area (Å²) in [6.07, 6.45) is 0. The van der Waals surface area contributed by atoms with E-state index in [2.05, 4.69) is 25.6 Å². The fraction of sp³-hybridized carbons (Fsp3) is 0.286. The van der Waals surface area contributed by atoms with E-state index in [9.17, 15) is 19.8 Å². The molecule has 0 radical (unpaired) electrons. The average Bonchev–Trinajstić information content (AvgIpc) is 3.28. The maximum atomic E-state index is 12.9. The van der Waals surface area contributed by atoms with Crippen molar-refractivity contribution in [2.75, 3.05) is 24.8 Å². The number of amides is 1. The fourth-order valence-corrected chi connectivity index (χ4v) is 4.17. The van der Waals surface area contributed by atoms with Crippen LogP contribution in [0, 0.1) is 5.41 Å². The normalized spacial score (nSPS) is 12.2. The molecule has 11 nitrogen and oxygen atoms in total. The number of hydrogen-bond acceptors (Lipinski definition) is 8. The molecule has 1 amide bonds. The maximum absolute atomic E-state index is 12.9. The van der Waals surface area contributed by atoms with Crippen molar-refractivity contribution in [3.63, 3.8) is 0 Å². The number of methoxy groups -OCH3 is 1. The lowest BCUT2D eigenvalue weighted by Crippen LogP contribution is -2.46. The van der Waals surface area contributed by atoms with E-state index >= 15 is 0 Å². The summed E-state index contributed by atoms with van der Waals surface area (Å²) in [5.74, 6) is -0.964. The second-order valence-corrected chi connectivity index (χ2v) is 10.2. The number of carbonyl (C=O) groups excluding carboxylic acids is 1. The van der Waals surface area contributed by atoms with E-state index in [-0.39, 0.29) is 29.7 Å². The number of aliphatic hydroxyl groups is 1. The molecule has 39 heavy (non-hydrogen) atoms. The highest BCUT2D eigenvalue weighted by molar-refractivity contribution is 6.02. The van der Waals surface area contributed by atoms with Crippen LogP contribution < -0.4 is 21.1 Å². The van der Waals surface area contributed by atoms with Gasteiger partial charge in [0, 0.05) is 22.9 Å². The zero-order chi connectivity index (χ0) is 28.3. The summed E-state index contributed by atoms with van der Waals surface area (Å²) in [5, 5.41) is 25.8. The van der Waals surface area contributed by atoms with Crippen LogP contribution in [0.15, 0.2) is 48.5 Å². The van der Waals surface area contributed by atoms with Gasteiger partial charge in [-0.15, -0.1) is 0 Å². The second-order valence-electron chi connectivity index (χ2n) is 10.2. The topological polar surface area (TPSA) is 175 Å². The van der Waals surface area contributed by atoms with Gasteiger partial charge in [0.1, 0.15) is 0 Å². The molecule has 0 bridgehead atoms. The van der Waals surface area contributed by atoms with Crippen LogP contribution in [0.5, 0.6) is 5.88 Å². The molecule has 7 N–H and O–H groups in total. The first kappa shape index (κ1) is 27.4. The van der Waals surface area contributed by atoms with Crippen molar-refractivity contribution in [1.29, 1.82) is 0 Å². The van der Waals surface area contributed by atoms with Crippen molar-refractivity contribution in [3.8, 4) is 17.0 Å². The maximum Gasteiger partial charge on any atom is 0.336 e. The second kappa shape index (κ2) is 11.0. The summed E-state index contributed by atoms with van der Waals surface area (Å²) >= 11 is 0. The Morgan fingerprint density at radius 1 is 1.08 bits per heavy atom. The smallest absolute Gasteiger partial charge is 0.336 e. The highest BCUT2D eigenvalue weighted by atomic mass is 16.5. The summed E-state index contributed by atoms with van der Waals surface area (Å²) in [7, 11) is 1.50. The third kappa shape index (κ3) is 6.10. The zero-order valence-electron chi connectivity index (χ0n) is 22.2. The lowest BCUT2D eigenvalue weighted by atomic mass is 9.87. The van der Waals surface area contributed by atoms with E-state index in [0.29, 0.717) is 28.6 Å². The predicted octanol–water partition coefficient (Wildman–Crippen LogP) is 3.66. The van der Waals surface area contributed by atoms with Crippen LogP contribution in [-0.4, -0.2) is 56.8 Å². The number of aromatic nitrogens is 3. The molecular formula is C28H32N6O5. The number of rotatable bonds is 9. The van der Waals surface area contributed by atoms with Gasteiger partial charge in [-0.25, -0.2) is 14.8 Å². The predicted molar refractivity (Wildman–Crippen MR) is 149 cm³/mol. The van der Waals surface area contributed by atoms with E-state index < -0.39 is 17.9 Å². The Labute approximate surface area is 225 Å². The number of nitrogen functional groups attached to an aromatic ring is 1. The first-order valence-corrected chi connectivity index (χ1v) is 12.3. The number of carboxylic acid groups (broad SMARTS) is 1. The first-order chi connectivity index (χ1) is 18.5. The number of nitrogens with two attached hydrogens (primary N) is 1. The van der Waals surface area contributed by atoms with Crippen molar-refractivity contribution in [3.05, 3.63) is 65.4 Å². The van der Waals surface area contributed by atoms with Crippen molar-refractivity contribution >= 4 is 34.5 Å². The number of hydrogen-bond donors (Lipinski definition) is 6. The Bertz CT molecular complexity index is 1520. The summed E-state index contributed by atoms with van der Waals surface area (Å²) in [5.41, 5.74) is 9.29. The molecule has 0 aliphatic heterocycles. The Kier molecular flexibility index (Phi) is 7.73. The van der Waals surface area contributed by atoms with Crippen molar-refractivity contribution in [2.45, 2.75) is 33.4 Å². The molecule has 0 aliphatic carbocycles. The number of aliphatic hydroxyl groups excluding tert-OH is 1. The molecule has 0 saturated carbocycles. The van der Waals surface area contributed by atoms with E-state index in [1.54, 1.807) is 24.3 Å². The summed E-state index contributed by atoms with van der Waals surface area (Å²) < 4.78 is 5.31. The fourth-order valence-electron chi connectivity index (χ4n) is 4.17. The first-order valence-electron chi connectivity index (χ1n) is 12.3. The minimum atomic E-state index is -1.19. The number of ether oxygens (including phenoxy) is 1. The molecule has 204 valence electrons. The van der Waals surface area contributed by atoms with Crippen LogP contribution in [0.1, 0.15) is 47.2 Å². The van der Waals surface area contributed by atoms with Gasteiger partial charge in [-0.2, -0.15) is 0 Å². The van der Waals surface area contributed by atoms with Crippen molar-refractivity contribution in [1.82, 2.24) is 20.3 Å². The average molecular weight is 533 g/mol. The van der Waals surface area contributed by atoms with Gasteiger partial charge in [0.05, 0.1) is 48.6 Å². The Morgan fingerprint density at radius 2 is 1.82 bits per heavy atom. The number of aromatic amines is 1. The van der Waals surface area contributed by atoms with Crippen LogP contribution >= 0.6 is 0 Å². The van der Waals surface area contributed by atoms with E-state index in [1.807, 2.05) is 39.0 Å². The SMILES string of the molecule is COc1ccc(-c2ccc(C(=O)N[C@H](CO)C(C)(C)C)cc2C(=O)O)c(CNc2ccc3nc(N)[nH]c3c2)n1. The number of fused-ring (bicyclic) bond motifs is 1. The monoisotopic (exact) mass is 532 g/mol. The molecule has 0 spiro atoms. The number of H-pyrrole nitrogens is 1. The van der Waals surface area contributed by atoms with Gasteiger partial charge < -0.3 is 36.3 Å². The van der Waals surface area contributed by atoms with Gasteiger partial charge in [-0.05, 0) is 47.4 Å². The number of carbonyl (C=O) groups is 2. The van der Waals surface area contributed by atoms with E-state index in [4.69, 9.17) is 10.5 Å². The van der Waals surface area contributed by atoms with Crippen LogP contribution in [0.3, 0.4) is 0 Å². The third-order valence-electron chi connectivity index (χ3n) is 6.45. The highest BCUT2D eigenvalue weighted by Crippen LogP contribution is 2.30. The summed E-state index contributed by atoms with van der Waals surface area (Å²) in [6.45, 7) is 5.71. The largest absolute Gasteiger partial charge is 0.481 e. The number of anilines is 2. The number of pyridine rings is 1. The van der Waals surface area contributed by atoms with Crippen molar-refractivity contribution < 1.29 is 24.5 Å². The minimum absolute atomic E-state index is 0.0541. The third-order valence-corrected chi connectivity index (χ3v) is 6.45. The van der Waals surface area contributed by atoms with Gasteiger partial charge in [-0.1, -0.05) is 26.8 Å². The minimum Gasteiger partial charge on any atom is -0.481 e. The molecular weight excluding hydrogens is 500 g/mol. The summed E-state index contributed by atoms with van der Waals surface area (Å²) in [6, 6.07) is 12.9. The Balaban J connectivity index is 1.67. The number of aromatic carboxylic acids is 1. The van der Waals surface area contributed by atoms with Crippen LogP contribution in [0.4, 0.5) is 11.6 Å². The Morgan fingerprint density at radius 3 is 2.49 bits per heavy atom. The Hall–Kier alpha value is -4.64. The molecule has 4 rings (SSSR count). The molecule has 0 unspecified atom stereocenters. The molecule has 2 aromatic carbocycles. The molecule has 0 saturated heterocycles. The van der Waals surface area contributed by atoms with E-state index in [0.717, 1.165) is 16.7 Å². The lowest BCUT2D eigenvalue weighted by Gasteiger charge is -2.29.